The Morgan fingerprint density at radius 3 is 2.74 bits per heavy atom. The van der Waals surface area contributed by atoms with E-state index in [0.717, 1.165) is 11.8 Å². The predicted molar refractivity (Wildman–Crippen MR) is 71.6 cm³/mol. The Morgan fingerprint density at radius 1 is 1.32 bits per heavy atom. The first kappa shape index (κ1) is 13.3. The van der Waals surface area contributed by atoms with Gasteiger partial charge in [0.1, 0.15) is 6.10 Å². The summed E-state index contributed by atoms with van der Waals surface area (Å²) in [6, 6.07) is 9.60. The van der Waals surface area contributed by atoms with Crippen LogP contribution in [0.15, 0.2) is 36.5 Å². The van der Waals surface area contributed by atoms with E-state index in [9.17, 15) is 4.39 Å². The number of nitrogens with one attached hydrogen (secondary N) is 1. The zero-order valence-electron chi connectivity index (χ0n) is 10.9. The smallest absolute Gasteiger partial charge is 0.255 e. The Labute approximate surface area is 111 Å². The number of aromatic nitrogens is 2. The van der Waals surface area contributed by atoms with Crippen molar-refractivity contribution in [3.05, 3.63) is 47.9 Å². The first-order chi connectivity index (χ1) is 9.20. The highest BCUT2D eigenvalue weighted by molar-refractivity contribution is 5.28. The fraction of sp³-hybridized carbons (Fsp3) is 0.286. The standard InChI is InChI=1S/C14H16FN3O/c1-3-16-14-17-9-12(15)13(18-14)19-10(2)11-7-5-4-6-8-11/h4-10H,3H2,1-2H3,(H,16,17,18). The van der Waals surface area contributed by atoms with E-state index in [2.05, 4.69) is 15.3 Å². The van der Waals surface area contributed by atoms with Gasteiger partial charge in [0.2, 0.25) is 11.8 Å². The van der Waals surface area contributed by atoms with Crippen molar-refractivity contribution in [1.82, 2.24) is 9.97 Å². The average Bonchev–Trinajstić information content (AvgIpc) is 2.44. The van der Waals surface area contributed by atoms with Gasteiger partial charge in [-0.3, -0.25) is 0 Å². The second-order valence-corrected chi connectivity index (χ2v) is 4.05. The molecule has 1 N–H and O–H groups in total. The van der Waals surface area contributed by atoms with Gasteiger partial charge in [0, 0.05) is 6.54 Å². The van der Waals surface area contributed by atoms with Crippen LogP contribution in [0.2, 0.25) is 0 Å². The maximum absolute atomic E-state index is 13.6. The van der Waals surface area contributed by atoms with E-state index in [-0.39, 0.29) is 12.0 Å². The minimum absolute atomic E-state index is 0.0395. The number of ether oxygens (including phenoxy) is 1. The van der Waals surface area contributed by atoms with E-state index in [1.165, 1.54) is 0 Å². The van der Waals surface area contributed by atoms with Crippen LogP contribution in [0.3, 0.4) is 0 Å². The van der Waals surface area contributed by atoms with Crippen molar-refractivity contribution in [3.63, 3.8) is 0 Å². The Kier molecular flexibility index (Phi) is 4.28. The van der Waals surface area contributed by atoms with Crippen LogP contribution in [0, 0.1) is 5.82 Å². The number of halogens is 1. The summed E-state index contributed by atoms with van der Waals surface area (Å²) in [4.78, 5) is 7.84. The topological polar surface area (TPSA) is 47.0 Å². The molecule has 0 aliphatic rings. The van der Waals surface area contributed by atoms with Crippen LogP contribution in [-0.4, -0.2) is 16.5 Å². The van der Waals surface area contributed by atoms with Gasteiger partial charge in [-0.25, -0.2) is 4.98 Å². The molecule has 0 aliphatic carbocycles. The van der Waals surface area contributed by atoms with E-state index < -0.39 is 5.82 Å². The molecule has 1 atom stereocenters. The molecule has 5 heteroatoms. The summed E-state index contributed by atoms with van der Waals surface area (Å²) in [5.74, 6) is -0.245. The first-order valence-electron chi connectivity index (χ1n) is 6.18. The summed E-state index contributed by atoms with van der Waals surface area (Å²) in [5, 5.41) is 2.92. The van der Waals surface area contributed by atoms with Crippen LogP contribution < -0.4 is 10.1 Å². The minimum Gasteiger partial charge on any atom is -0.468 e. The molecule has 0 fully saturated rings. The summed E-state index contributed by atoms with van der Waals surface area (Å²) < 4.78 is 19.2. The van der Waals surface area contributed by atoms with Crippen molar-refractivity contribution in [2.24, 2.45) is 0 Å². The number of hydrogen-bond acceptors (Lipinski definition) is 4. The molecule has 0 saturated carbocycles. The lowest BCUT2D eigenvalue weighted by molar-refractivity contribution is 0.206. The SMILES string of the molecule is CCNc1ncc(F)c(OC(C)c2ccccc2)n1. The van der Waals surface area contributed by atoms with Gasteiger partial charge in [-0.2, -0.15) is 9.37 Å². The molecule has 4 nitrogen and oxygen atoms in total. The zero-order chi connectivity index (χ0) is 13.7. The van der Waals surface area contributed by atoms with E-state index in [1.54, 1.807) is 0 Å². The van der Waals surface area contributed by atoms with E-state index in [0.29, 0.717) is 12.5 Å². The lowest BCUT2D eigenvalue weighted by atomic mass is 10.1. The Bertz CT molecular complexity index is 533. The summed E-state index contributed by atoms with van der Waals surface area (Å²) >= 11 is 0. The van der Waals surface area contributed by atoms with Crippen LogP contribution in [0.1, 0.15) is 25.5 Å². The number of anilines is 1. The van der Waals surface area contributed by atoms with Crippen LogP contribution in [-0.2, 0) is 0 Å². The molecule has 0 spiro atoms. The third kappa shape index (κ3) is 3.40. The lowest BCUT2D eigenvalue weighted by Gasteiger charge is -2.15. The number of rotatable bonds is 5. The highest BCUT2D eigenvalue weighted by atomic mass is 19.1. The van der Waals surface area contributed by atoms with Gasteiger partial charge in [0.25, 0.3) is 5.88 Å². The zero-order valence-corrected chi connectivity index (χ0v) is 10.9. The van der Waals surface area contributed by atoms with Gasteiger partial charge in [-0.1, -0.05) is 30.3 Å². The molecule has 0 saturated heterocycles. The van der Waals surface area contributed by atoms with E-state index >= 15 is 0 Å². The molecule has 1 aromatic carbocycles. The Balaban J connectivity index is 2.16. The maximum atomic E-state index is 13.6. The molecule has 2 rings (SSSR count). The summed E-state index contributed by atoms with van der Waals surface area (Å²) in [6.45, 7) is 4.43. The third-order valence-electron chi connectivity index (χ3n) is 2.60. The monoisotopic (exact) mass is 261 g/mol. The van der Waals surface area contributed by atoms with Gasteiger partial charge in [-0.15, -0.1) is 0 Å². The molecule has 1 unspecified atom stereocenters. The molecular formula is C14H16FN3O. The summed E-state index contributed by atoms with van der Waals surface area (Å²) in [5.41, 5.74) is 0.963. The van der Waals surface area contributed by atoms with Crippen LogP contribution in [0.5, 0.6) is 5.88 Å². The number of nitrogens with zero attached hydrogens (tertiary/aromatic N) is 2. The van der Waals surface area contributed by atoms with Gasteiger partial charge in [0.15, 0.2) is 0 Å². The molecule has 0 aliphatic heterocycles. The molecule has 0 bridgehead atoms. The predicted octanol–water partition coefficient (Wildman–Crippen LogP) is 3.19. The third-order valence-corrected chi connectivity index (χ3v) is 2.60. The Morgan fingerprint density at radius 2 is 2.05 bits per heavy atom. The normalized spacial score (nSPS) is 11.9. The molecule has 1 heterocycles. The largest absolute Gasteiger partial charge is 0.468 e. The van der Waals surface area contributed by atoms with Crippen LogP contribution in [0.25, 0.3) is 0 Å². The first-order valence-corrected chi connectivity index (χ1v) is 6.18. The average molecular weight is 261 g/mol. The Hall–Kier alpha value is -2.17. The van der Waals surface area contributed by atoms with Gasteiger partial charge in [-0.05, 0) is 19.4 Å². The summed E-state index contributed by atoms with van der Waals surface area (Å²) in [6.07, 6.45) is 0.831. The second kappa shape index (κ2) is 6.13. The van der Waals surface area contributed by atoms with Crippen LogP contribution in [0.4, 0.5) is 10.3 Å². The van der Waals surface area contributed by atoms with E-state index in [1.807, 2.05) is 44.2 Å². The molecular weight excluding hydrogens is 245 g/mol. The number of hydrogen-bond donors (Lipinski definition) is 1. The van der Waals surface area contributed by atoms with Crippen molar-refractivity contribution in [1.29, 1.82) is 0 Å². The molecule has 19 heavy (non-hydrogen) atoms. The van der Waals surface area contributed by atoms with Gasteiger partial charge in [0.05, 0.1) is 6.20 Å². The van der Waals surface area contributed by atoms with Crippen molar-refractivity contribution < 1.29 is 9.13 Å². The van der Waals surface area contributed by atoms with Gasteiger partial charge < -0.3 is 10.1 Å². The van der Waals surface area contributed by atoms with Crippen molar-refractivity contribution >= 4 is 5.95 Å². The fourth-order valence-corrected chi connectivity index (χ4v) is 1.64. The highest BCUT2D eigenvalue weighted by Crippen LogP contribution is 2.22. The fourth-order valence-electron chi connectivity index (χ4n) is 1.64. The van der Waals surface area contributed by atoms with Crippen molar-refractivity contribution in [2.75, 3.05) is 11.9 Å². The second-order valence-electron chi connectivity index (χ2n) is 4.05. The molecule has 100 valence electrons. The molecule has 0 amide bonds. The van der Waals surface area contributed by atoms with Crippen molar-refractivity contribution in [3.8, 4) is 5.88 Å². The maximum Gasteiger partial charge on any atom is 0.255 e. The quantitative estimate of drug-likeness (QED) is 0.898. The van der Waals surface area contributed by atoms with E-state index in [4.69, 9.17) is 4.74 Å². The minimum atomic E-state index is -0.565. The molecule has 1 aromatic heterocycles. The van der Waals surface area contributed by atoms with Gasteiger partial charge >= 0.3 is 0 Å². The summed E-state index contributed by atoms with van der Waals surface area (Å²) in [7, 11) is 0. The van der Waals surface area contributed by atoms with Crippen LogP contribution >= 0.6 is 0 Å². The molecule has 2 aromatic rings. The number of benzene rings is 1. The van der Waals surface area contributed by atoms with Crippen molar-refractivity contribution in [2.45, 2.75) is 20.0 Å². The molecule has 0 radical (unpaired) electrons. The lowest BCUT2D eigenvalue weighted by Crippen LogP contribution is -2.09. The highest BCUT2D eigenvalue weighted by Gasteiger charge is 2.13.